The second kappa shape index (κ2) is 5.60. The van der Waals surface area contributed by atoms with Crippen LogP contribution in [0.2, 0.25) is 0 Å². The summed E-state index contributed by atoms with van der Waals surface area (Å²) in [5.41, 5.74) is -0.0733. The van der Waals surface area contributed by atoms with Gasteiger partial charge in [-0.3, -0.25) is 4.79 Å². The molecule has 0 aromatic heterocycles. The van der Waals surface area contributed by atoms with Crippen molar-refractivity contribution in [3.05, 3.63) is 63.0 Å². The quantitative estimate of drug-likeness (QED) is 0.623. The molecule has 1 amide bonds. The lowest BCUT2D eigenvalue weighted by molar-refractivity contribution is 0.102. The molecule has 0 heterocycles. The molecule has 0 aliphatic carbocycles. The van der Waals surface area contributed by atoms with Crippen molar-refractivity contribution < 1.29 is 18.0 Å². The van der Waals surface area contributed by atoms with Crippen LogP contribution in [0.1, 0.15) is 10.4 Å². The van der Waals surface area contributed by atoms with E-state index in [1.165, 1.54) is 0 Å². The Morgan fingerprint density at radius 3 is 2.37 bits per heavy atom. The Morgan fingerprint density at radius 2 is 1.68 bits per heavy atom. The van der Waals surface area contributed by atoms with Crippen LogP contribution in [-0.4, -0.2) is 5.91 Å². The van der Waals surface area contributed by atoms with Crippen LogP contribution in [-0.2, 0) is 0 Å². The van der Waals surface area contributed by atoms with Crippen molar-refractivity contribution in [2.45, 2.75) is 0 Å². The van der Waals surface area contributed by atoms with E-state index in [-0.39, 0.29) is 0 Å². The van der Waals surface area contributed by atoms with E-state index in [1.807, 2.05) is 22.6 Å². The zero-order valence-corrected chi connectivity index (χ0v) is 11.5. The third-order valence-electron chi connectivity index (χ3n) is 2.40. The number of para-hydroxylation sites is 1. The number of benzene rings is 2. The molecule has 2 aromatic carbocycles. The molecule has 0 atom stereocenters. The monoisotopic (exact) mass is 377 g/mol. The van der Waals surface area contributed by atoms with E-state index in [2.05, 4.69) is 5.32 Å². The maximum atomic E-state index is 13.4. The molecule has 0 fully saturated rings. The molecule has 0 aliphatic heterocycles. The standard InChI is InChI=1S/C13H7F3INO/c14-8-6-5-7(11(15)12(8)16)13(19)18-10-4-2-1-3-9(10)17/h1-6H,(H,18,19). The second-order valence-corrected chi connectivity index (χ2v) is 4.82. The van der Waals surface area contributed by atoms with Gasteiger partial charge in [-0.15, -0.1) is 0 Å². The van der Waals surface area contributed by atoms with E-state index in [1.54, 1.807) is 24.3 Å². The molecule has 19 heavy (non-hydrogen) atoms. The van der Waals surface area contributed by atoms with Gasteiger partial charge in [0.05, 0.1) is 11.3 Å². The minimum Gasteiger partial charge on any atom is -0.321 e. The fourth-order valence-electron chi connectivity index (χ4n) is 1.45. The van der Waals surface area contributed by atoms with E-state index < -0.39 is 28.9 Å². The number of hydrogen-bond donors (Lipinski definition) is 1. The lowest BCUT2D eigenvalue weighted by Gasteiger charge is -2.08. The highest BCUT2D eigenvalue weighted by Crippen LogP contribution is 2.20. The van der Waals surface area contributed by atoms with Crippen molar-refractivity contribution in [3.63, 3.8) is 0 Å². The Bertz CT molecular complexity index is 646. The molecule has 98 valence electrons. The third-order valence-corrected chi connectivity index (χ3v) is 3.34. The molecule has 1 N–H and O–H groups in total. The van der Waals surface area contributed by atoms with Crippen molar-refractivity contribution in [3.8, 4) is 0 Å². The zero-order valence-electron chi connectivity index (χ0n) is 9.38. The van der Waals surface area contributed by atoms with Crippen LogP contribution in [0.25, 0.3) is 0 Å². The Balaban J connectivity index is 2.31. The number of amides is 1. The van der Waals surface area contributed by atoms with Crippen LogP contribution in [0, 0.1) is 21.0 Å². The molecule has 0 saturated carbocycles. The Kier molecular flexibility index (Phi) is 4.08. The number of anilines is 1. The fraction of sp³-hybridized carbons (Fsp3) is 0. The van der Waals surface area contributed by atoms with Gasteiger partial charge < -0.3 is 5.32 Å². The van der Waals surface area contributed by atoms with Gasteiger partial charge >= 0.3 is 0 Å². The highest BCUT2D eigenvalue weighted by atomic mass is 127. The molecule has 2 aromatic rings. The molecule has 0 spiro atoms. The summed E-state index contributed by atoms with van der Waals surface area (Å²) in [6.45, 7) is 0. The molecule has 2 nitrogen and oxygen atoms in total. The van der Waals surface area contributed by atoms with Gasteiger partial charge in [0.15, 0.2) is 17.5 Å². The average molecular weight is 377 g/mol. The molecule has 6 heteroatoms. The highest BCUT2D eigenvalue weighted by molar-refractivity contribution is 14.1. The maximum Gasteiger partial charge on any atom is 0.258 e. The summed E-state index contributed by atoms with van der Waals surface area (Å²) >= 11 is 1.99. The van der Waals surface area contributed by atoms with Gasteiger partial charge in [-0.2, -0.15) is 0 Å². The SMILES string of the molecule is O=C(Nc1ccccc1I)c1ccc(F)c(F)c1F. The number of halogens is 4. The molecule has 0 radical (unpaired) electrons. The normalized spacial score (nSPS) is 10.3. The van der Waals surface area contributed by atoms with Gasteiger partial charge in [-0.25, -0.2) is 13.2 Å². The smallest absolute Gasteiger partial charge is 0.258 e. The average Bonchev–Trinajstić information content (AvgIpc) is 2.39. The predicted octanol–water partition coefficient (Wildman–Crippen LogP) is 3.96. The van der Waals surface area contributed by atoms with Crippen LogP contribution in [0.5, 0.6) is 0 Å². The van der Waals surface area contributed by atoms with Crippen molar-refractivity contribution >= 4 is 34.2 Å². The minimum absolute atomic E-state index is 0.470. The number of rotatable bonds is 2. The first-order valence-corrected chi connectivity index (χ1v) is 6.28. The third kappa shape index (κ3) is 2.89. The second-order valence-electron chi connectivity index (χ2n) is 3.66. The molecular formula is C13H7F3INO. The maximum absolute atomic E-state index is 13.4. The summed E-state index contributed by atoms with van der Waals surface area (Å²) in [6.07, 6.45) is 0. The van der Waals surface area contributed by atoms with Gasteiger partial charge in [0, 0.05) is 3.57 Å². The van der Waals surface area contributed by atoms with Crippen molar-refractivity contribution in [2.24, 2.45) is 0 Å². The summed E-state index contributed by atoms with van der Waals surface area (Å²) in [4.78, 5) is 11.8. The van der Waals surface area contributed by atoms with E-state index >= 15 is 0 Å². The van der Waals surface area contributed by atoms with Crippen LogP contribution in [0.15, 0.2) is 36.4 Å². The molecule has 2 rings (SSSR count). The zero-order chi connectivity index (χ0) is 14.0. The number of carbonyl (C=O) groups excluding carboxylic acids is 1. The lowest BCUT2D eigenvalue weighted by atomic mass is 10.1. The summed E-state index contributed by atoms with van der Waals surface area (Å²) in [5.74, 6) is -5.32. The van der Waals surface area contributed by atoms with Crippen molar-refractivity contribution in [1.82, 2.24) is 0 Å². The van der Waals surface area contributed by atoms with Crippen LogP contribution in [0.3, 0.4) is 0 Å². The largest absolute Gasteiger partial charge is 0.321 e. The Morgan fingerprint density at radius 1 is 1.00 bits per heavy atom. The van der Waals surface area contributed by atoms with Crippen molar-refractivity contribution in [1.29, 1.82) is 0 Å². The van der Waals surface area contributed by atoms with Gasteiger partial charge in [0.25, 0.3) is 5.91 Å². The van der Waals surface area contributed by atoms with Gasteiger partial charge in [0.2, 0.25) is 0 Å². The van der Waals surface area contributed by atoms with Crippen LogP contribution >= 0.6 is 22.6 Å². The first-order valence-electron chi connectivity index (χ1n) is 5.20. The highest BCUT2D eigenvalue weighted by Gasteiger charge is 2.19. The number of hydrogen-bond acceptors (Lipinski definition) is 1. The Labute approximate surface area is 120 Å². The van der Waals surface area contributed by atoms with E-state index in [0.717, 1.165) is 9.64 Å². The number of nitrogens with one attached hydrogen (secondary N) is 1. The van der Waals surface area contributed by atoms with E-state index in [0.29, 0.717) is 11.8 Å². The summed E-state index contributed by atoms with van der Waals surface area (Å²) in [5, 5.41) is 2.44. The first kappa shape index (κ1) is 13.9. The van der Waals surface area contributed by atoms with E-state index in [9.17, 15) is 18.0 Å². The first-order chi connectivity index (χ1) is 9.00. The molecular weight excluding hydrogens is 370 g/mol. The topological polar surface area (TPSA) is 29.1 Å². The minimum atomic E-state index is -1.66. The summed E-state index contributed by atoms with van der Waals surface area (Å²) in [7, 11) is 0. The fourth-order valence-corrected chi connectivity index (χ4v) is 1.98. The van der Waals surface area contributed by atoms with Crippen LogP contribution in [0.4, 0.5) is 18.9 Å². The van der Waals surface area contributed by atoms with Gasteiger partial charge in [-0.05, 0) is 46.9 Å². The van der Waals surface area contributed by atoms with Gasteiger partial charge in [-0.1, -0.05) is 12.1 Å². The number of carbonyl (C=O) groups is 1. The van der Waals surface area contributed by atoms with E-state index in [4.69, 9.17) is 0 Å². The Hall–Kier alpha value is -1.57. The van der Waals surface area contributed by atoms with Gasteiger partial charge in [0.1, 0.15) is 0 Å². The van der Waals surface area contributed by atoms with Crippen LogP contribution < -0.4 is 5.32 Å². The van der Waals surface area contributed by atoms with Crippen molar-refractivity contribution in [2.75, 3.05) is 5.32 Å². The molecule has 0 unspecified atom stereocenters. The summed E-state index contributed by atoms with van der Waals surface area (Å²) < 4.78 is 40.0. The predicted molar refractivity (Wildman–Crippen MR) is 73.4 cm³/mol. The molecule has 0 saturated heterocycles. The lowest BCUT2D eigenvalue weighted by Crippen LogP contribution is -2.15. The summed E-state index contributed by atoms with van der Waals surface area (Å²) in [6, 6.07) is 8.45. The molecule has 0 aliphatic rings. The molecule has 0 bridgehead atoms.